The molecule has 0 heterocycles. The highest BCUT2D eigenvalue weighted by Crippen LogP contribution is 2.22. The smallest absolute Gasteiger partial charge is 0.275 e. The average molecular weight is 323 g/mol. The van der Waals surface area contributed by atoms with E-state index < -0.39 is 5.91 Å². The van der Waals surface area contributed by atoms with Crippen molar-refractivity contribution in [1.82, 2.24) is 5.43 Å². The maximum atomic E-state index is 11.9. The van der Waals surface area contributed by atoms with Gasteiger partial charge in [0.25, 0.3) is 5.91 Å². The summed E-state index contributed by atoms with van der Waals surface area (Å²) < 4.78 is 0. The summed E-state index contributed by atoms with van der Waals surface area (Å²) in [5, 5.41) is 14.4. The standard InChI is InChI=1S/C15H12Cl2N2O2/c1-9(10-6-7-12(16)13(17)8-10)18-19-15(21)11-4-2-3-5-14(11)20/h2-8,20H,1H3,(H,19,21). The van der Waals surface area contributed by atoms with Crippen LogP contribution in [0.1, 0.15) is 22.8 Å². The number of phenols is 1. The van der Waals surface area contributed by atoms with Gasteiger partial charge in [0.15, 0.2) is 0 Å². The van der Waals surface area contributed by atoms with Gasteiger partial charge in [-0.3, -0.25) is 4.79 Å². The fourth-order valence-electron chi connectivity index (χ4n) is 1.65. The quantitative estimate of drug-likeness (QED) is 0.666. The van der Waals surface area contributed by atoms with Crippen LogP contribution in [0.15, 0.2) is 47.6 Å². The van der Waals surface area contributed by atoms with Crippen LogP contribution in [0.5, 0.6) is 5.75 Å². The van der Waals surface area contributed by atoms with Crippen LogP contribution in [0.2, 0.25) is 10.0 Å². The number of para-hydroxylation sites is 1. The van der Waals surface area contributed by atoms with E-state index in [2.05, 4.69) is 10.5 Å². The summed E-state index contributed by atoms with van der Waals surface area (Å²) in [5.41, 5.74) is 3.85. The van der Waals surface area contributed by atoms with Crippen molar-refractivity contribution in [3.8, 4) is 5.75 Å². The van der Waals surface area contributed by atoms with E-state index in [1.54, 1.807) is 37.3 Å². The Morgan fingerprint density at radius 1 is 1.14 bits per heavy atom. The van der Waals surface area contributed by atoms with Crippen LogP contribution in [0.3, 0.4) is 0 Å². The minimum Gasteiger partial charge on any atom is -0.507 e. The minimum absolute atomic E-state index is 0.0996. The first-order chi connectivity index (χ1) is 9.99. The summed E-state index contributed by atoms with van der Waals surface area (Å²) in [5.74, 6) is -0.593. The Kier molecular flexibility index (Phi) is 4.83. The highest BCUT2D eigenvalue weighted by Gasteiger charge is 2.09. The fraction of sp³-hybridized carbons (Fsp3) is 0.0667. The maximum absolute atomic E-state index is 11.9. The van der Waals surface area contributed by atoms with Crippen molar-refractivity contribution in [2.24, 2.45) is 5.10 Å². The monoisotopic (exact) mass is 322 g/mol. The molecule has 0 saturated carbocycles. The molecule has 21 heavy (non-hydrogen) atoms. The molecule has 6 heteroatoms. The van der Waals surface area contributed by atoms with E-state index in [4.69, 9.17) is 23.2 Å². The second kappa shape index (κ2) is 6.61. The van der Waals surface area contributed by atoms with Gasteiger partial charge in [0.05, 0.1) is 21.3 Å². The number of rotatable bonds is 3. The molecule has 0 fully saturated rings. The lowest BCUT2D eigenvalue weighted by molar-refractivity contribution is 0.0952. The van der Waals surface area contributed by atoms with Crippen molar-refractivity contribution >= 4 is 34.8 Å². The number of carbonyl (C=O) groups excluding carboxylic acids is 1. The molecule has 0 saturated heterocycles. The van der Waals surface area contributed by atoms with Gasteiger partial charge in [-0.25, -0.2) is 5.43 Å². The number of hydrogen-bond acceptors (Lipinski definition) is 3. The number of phenolic OH excluding ortho intramolecular Hbond substituents is 1. The molecule has 0 aliphatic carbocycles. The second-order valence-corrected chi connectivity index (χ2v) is 5.10. The Balaban J connectivity index is 2.15. The number of aromatic hydroxyl groups is 1. The van der Waals surface area contributed by atoms with Crippen molar-refractivity contribution in [1.29, 1.82) is 0 Å². The van der Waals surface area contributed by atoms with Gasteiger partial charge in [-0.2, -0.15) is 5.10 Å². The first-order valence-corrected chi connectivity index (χ1v) is 6.82. The predicted molar refractivity (Wildman–Crippen MR) is 84.2 cm³/mol. The van der Waals surface area contributed by atoms with Gasteiger partial charge >= 0.3 is 0 Å². The highest BCUT2D eigenvalue weighted by molar-refractivity contribution is 6.42. The van der Waals surface area contributed by atoms with Gasteiger partial charge in [0.1, 0.15) is 5.75 Å². The Morgan fingerprint density at radius 2 is 1.86 bits per heavy atom. The number of nitrogens with one attached hydrogen (secondary N) is 1. The summed E-state index contributed by atoms with van der Waals surface area (Å²) >= 11 is 11.8. The van der Waals surface area contributed by atoms with Gasteiger partial charge < -0.3 is 5.11 Å². The molecule has 2 rings (SSSR count). The summed E-state index contributed by atoms with van der Waals surface area (Å²) in [4.78, 5) is 11.9. The molecule has 2 aromatic carbocycles. The molecule has 0 unspecified atom stereocenters. The zero-order valence-electron chi connectivity index (χ0n) is 11.1. The zero-order valence-corrected chi connectivity index (χ0v) is 12.6. The lowest BCUT2D eigenvalue weighted by Crippen LogP contribution is -2.19. The second-order valence-electron chi connectivity index (χ2n) is 4.28. The Hall–Kier alpha value is -2.04. The minimum atomic E-state index is -0.493. The van der Waals surface area contributed by atoms with E-state index in [-0.39, 0.29) is 11.3 Å². The van der Waals surface area contributed by atoms with Crippen LogP contribution in [-0.4, -0.2) is 16.7 Å². The van der Waals surface area contributed by atoms with E-state index in [0.717, 1.165) is 5.56 Å². The van der Waals surface area contributed by atoms with E-state index in [0.29, 0.717) is 15.8 Å². The number of halogens is 2. The van der Waals surface area contributed by atoms with Crippen LogP contribution >= 0.6 is 23.2 Å². The van der Waals surface area contributed by atoms with Gasteiger partial charge in [0, 0.05) is 0 Å². The third-order valence-corrected chi connectivity index (χ3v) is 3.55. The molecule has 2 N–H and O–H groups in total. The molecule has 2 aromatic rings. The molecule has 0 aromatic heterocycles. The first kappa shape index (κ1) is 15.4. The SMILES string of the molecule is CC(=NNC(=O)c1ccccc1O)c1ccc(Cl)c(Cl)c1. The van der Waals surface area contributed by atoms with Gasteiger partial charge in [-0.05, 0) is 36.8 Å². The highest BCUT2D eigenvalue weighted by atomic mass is 35.5. The van der Waals surface area contributed by atoms with Crippen molar-refractivity contribution in [2.45, 2.75) is 6.92 Å². The predicted octanol–water partition coefficient (Wildman–Crippen LogP) is 3.85. The Bertz CT molecular complexity index is 715. The van der Waals surface area contributed by atoms with Crippen LogP contribution in [-0.2, 0) is 0 Å². The number of benzene rings is 2. The fourth-order valence-corrected chi connectivity index (χ4v) is 1.94. The molecular weight excluding hydrogens is 311 g/mol. The van der Waals surface area contributed by atoms with Crippen LogP contribution in [0.25, 0.3) is 0 Å². The molecule has 4 nitrogen and oxygen atoms in total. The van der Waals surface area contributed by atoms with Gasteiger partial charge in [0.2, 0.25) is 0 Å². The molecule has 0 atom stereocenters. The molecule has 1 amide bonds. The zero-order chi connectivity index (χ0) is 15.4. The van der Waals surface area contributed by atoms with Crippen molar-refractivity contribution in [2.75, 3.05) is 0 Å². The van der Waals surface area contributed by atoms with E-state index in [1.807, 2.05) is 0 Å². The first-order valence-electron chi connectivity index (χ1n) is 6.07. The summed E-state index contributed by atoms with van der Waals surface area (Å²) in [6.07, 6.45) is 0. The Labute approximate surface area is 132 Å². The van der Waals surface area contributed by atoms with Crippen LogP contribution in [0.4, 0.5) is 0 Å². The normalized spacial score (nSPS) is 11.3. The number of carbonyl (C=O) groups is 1. The number of nitrogens with zero attached hydrogens (tertiary/aromatic N) is 1. The average Bonchev–Trinajstić information content (AvgIpc) is 2.47. The molecule has 0 spiro atoms. The largest absolute Gasteiger partial charge is 0.507 e. The molecule has 0 bridgehead atoms. The summed E-state index contributed by atoms with van der Waals surface area (Å²) in [6.45, 7) is 1.73. The number of amides is 1. The summed E-state index contributed by atoms with van der Waals surface area (Å²) in [7, 11) is 0. The third kappa shape index (κ3) is 3.74. The van der Waals surface area contributed by atoms with Gasteiger partial charge in [-0.15, -0.1) is 0 Å². The molecule has 0 aliphatic rings. The molecule has 0 radical (unpaired) electrons. The third-order valence-electron chi connectivity index (χ3n) is 2.81. The summed E-state index contributed by atoms with van der Waals surface area (Å²) in [6, 6.07) is 11.3. The molecule has 0 aliphatic heterocycles. The lowest BCUT2D eigenvalue weighted by Gasteiger charge is -2.05. The molecular formula is C15H12Cl2N2O2. The van der Waals surface area contributed by atoms with Crippen molar-refractivity contribution < 1.29 is 9.90 Å². The van der Waals surface area contributed by atoms with E-state index in [9.17, 15) is 9.90 Å². The Morgan fingerprint density at radius 3 is 2.52 bits per heavy atom. The van der Waals surface area contributed by atoms with Crippen LogP contribution < -0.4 is 5.43 Å². The number of hydrazone groups is 1. The van der Waals surface area contributed by atoms with Gasteiger partial charge in [-0.1, -0.05) is 41.4 Å². The van der Waals surface area contributed by atoms with Crippen molar-refractivity contribution in [3.63, 3.8) is 0 Å². The number of hydrogen-bond donors (Lipinski definition) is 2. The van der Waals surface area contributed by atoms with Crippen LogP contribution in [0, 0.1) is 0 Å². The van der Waals surface area contributed by atoms with E-state index >= 15 is 0 Å². The topological polar surface area (TPSA) is 61.7 Å². The van der Waals surface area contributed by atoms with Crippen molar-refractivity contribution in [3.05, 3.63) is 63.6 Å². The maximum Gasteiger partial charge on any atom is 0.275 e. The van der Waals surface area contributed by atoms with E-state index in [1.165, 1.54) is 12.1 Å². The molecule has 108 valence electrons. The lowest BCUT2D eigenvalue weighted by atomic mass is 10.1.